The van der Waals surface area contributed by atoms with Gasteiger partial charge in [-0.1, -0.05) is 0 Å². The molecule has 0 aliphatic rings. The lowest BCUT2D eigenvalue weighted by atomic mass is 10.3. The molecule has 0 amide bonds. The predicted molar refractivity (Wildman–Crippen MR) is 56.6 cm³/mol. The Balaban J connectivity index is 0.00000196. The zero-order valence-electron chi connectivity index (χ0n) is 7.70. The number of ether oxygens (including phenoxy) is 1. The molecule has 7 heteroatoms. The molecular formula is C8H11ClN2O4. The minimum absolute atomic E-state index is 0. The molecule has 6 nitrogen and oxygen atoms in total. The number of aliphatic hydroxyl groups is 1. The van der Waals surface area contributed by atoms with E-state index in [2.05, 4.69) is 0 Å². The van der Waals surface area contributed by atoms with Crippen molar-refractivity contribution in [1.29, 1.82) is 0 Å². The van der Waals surface area contributed by atoms with Crippen molar-refractivity contribution in [1.82, 2.24) is 0 Å². The Hall–Kier alpha value is -1.53. The number of nitrogens with zero attached hydrogens (tertiary/aromatic N) is 1. The van der Waals surface area contributed by atoms with Gasteiger partial charge < -0.3 is 15.6 Å². The first kappa shape index (κ1) is 13.5. The van der Waals surface area contributed by atoms with Crippen molar-refractivity contribution < 1.29 is 14.8 Å². The Morgan fingerprint density at radius 1 is 1.47 bits per heavy atom. The molecule has 0 saturated carbocycles. The normalized spacial score (nSPS) is 11.3. The van der Waals surface area contributed by atoms with Crippen molar-refractivity contribution in [3.05, 3.63) is 34.4 Å². The van der Waals surface area contributed by atoms with Gasteiger partial charge in [0.2, 0.25) is 0 Å². The van der Waals surface area contributed by atoms with Gasteiger partial charge in [0.15, 0.2) is 0 Å². The zero-order valence-corrected chi connectivity index (χ0v) is 8.52. The van der Waals surface area contributed by atoms with Crippen LogP contribution in [0.2, 0.25) is 0 Å². The third-order valence-corrected chi connectivity index (χ3v) is 1.46. The van der Waals surface area contributed by atoms with Crippen LogP contribution >= 0.6 is 12.4 Å². The first-order chi connectivity index (χ1) is 6.58. The van der Waals surface area contributed by atoms with Gasteiger partial charge >= 0.3 is 0 Å². The molecule has 1 atom stereocenters. The Bertz CT molecular complexity index is 317. The monoisotopic (exact) mass is 234 g/mol. The summed E-state index contributed by atoms with van der Waals surface area (Å²) in [5.41, 5.74) is 5.97. The summed E-state index contributed by atoms with van der Waals surface area (Å²) in [4.78, 5) is 9.35. The summed E-state index contributed by atoms with van der Waals surface area (Å²) in [5.74, 6) is 0.341. The van der Waals surface area contributed by atoms with Crippen LogP contribution in [-0.2, 0) is 0 Å². The van der Waals surface area contributed by atoms with Crippen molar-refractivity contribution >= 4 is 18.1 Å². The molecule has 0 spiro atoms. The number of anilines is 1. The lowest BCUT2D eigenvalue weighted by Gasteiger charge is -2.09. The molecule has 0 aromatic heterocycles. The van der Waals surface area contributed by atoms with Gasteiger partial charge in [-0.2, -0.15) is 0 Å². The summed E-state index contributed by atoms with van der Waals surface area (Å²) in [6, 6.07) is 6.21. The van der Waals surface area contributed by atoms with Gasteiger partial charge in [0.1, 0.15) is 5.75 Å². The number of hydrogen-bond donors (Lipinski definition) is 2. The molecule has 15 heavy (non-hydrogen) atoms. The fourth-order valence-electron chi connectivity index (χ4n) is 0.868. The standard InChI is InChI=1S/C8H10N2O4.ClH/c9-6-1-3-7(4-2-6)14-8(11)5-10(12)13;/h1-4,8,11H,5,9H2;1H. The second-order valence-corrected chi connectivity index (χ2v) is 2.66. The summed E-state index contributed by atoms with van der Waals surface area (Å²) in [6.45, 7) is -0.648. The molecule has 0 radical (unpaired) electrons. The van der Waals surface area contributed by atoms with Gasteiger partial charge in [-0.15, -0.1) is 12.4 Å². The number of nitrogens with two attached hydrogens (primary N) is 1. The SMILES string of the molecule is Cl.Nc1ccc(OC(O)C[N+](=O)[O-])cc1. The van der Waals surface area contributed by atoms with Crippen LogP contribution in [0, 0.1) is 10.1 Å². The highest BCUT2D eigenvalue weighted by Crippen LogP contribution is 2.14. The van der Waals surface area contributed by atoms with Crippen LogP contribution in [0.1, 0.15) is 0 Å². The van der Waals surface area contributed by atoms with E-state index in [-0.39, 0.29) is 12.4 Å². The number of aliphatic hydroxyl groups excluding tert-OH is 1. The van der Waals surface area contributed by atoms with Gasteiger partial charge in [0.25, 0.3) is 12.8 Å². The highest BCUT2D eigenvalue weighted by molar-refractivity contribution is 5.85. The number of rotatable bonds is 4. The van der Waals surface area contributed by atoms with Gasteiger partial charge in [-0.05, 0) is 24.3 Å². The van der Waals surface area contributed by atoms with Crippen LogP contribution in [0.5, 0.6) is 5.75 Å². The molecule has 3 N–H and O–H groups in total. The molecule has 0 saturated heterocycles. The summed E-state index contributed by atoms with van der Waals surface area (Å²) in [7, 11) is 0. The summed E-state index contributed by atoms with van der Waals surface area (Å²) < 4.78 is 4.84. The minimum Gasteiger partial charge on any atom is -0.458 e. The predicted octanol–water partition coefficient (Wildman–Crippen LogP) is 0.665. The number of halogens is 1. The van der Waals surface area contributed by atoms with Crippen LogP contribution in [0.3, 0.4) is 0 Å². The molecular weight excluding hydrogens is 224 g/mol. The molecule has 84 valence electrons. The Morgan fingerprint density at radius 3 is 2.47 bits per heavy atom. The number of nitro groups is 1. The third kappa shape index (κ3) is 5.04. The molecule has 1 unspecified atom stereocenters. The summed E-state index contributed by atoms with van der Waals surface area (Å²) in [6.07, 6.45) is -1.44. The number of nitrogen functional groups attached to an aromatic ring is 1. The van der Waals surface area contributed by atoms with Crippen molar-refractivity contribution in [2.45, 2.75) is 6.29 Å². The van der Waals surface area contributed by atoms with Crippen molar-refractivity contribution in [3.63, 3.8) is 0 Å². The van der Waals surface area contributed by atoms with E-state index < -0.39 is 17.8 Å². The first-order valence-electron chi connectivity index (χ1n) is 3.90. The maximum atomic E-state index is 10.00. The van der Waals surface area contributed by atoms with E-state index >= 15 is 0 Å². The second-order valence-electron chi connectivity index (χ2n) is 2.66. The molecule has 1 rings (SSSR count). The average molecular weight is 235 g/mol. The van der Waals surface area contributed by atoms with E-state index in [1.807, 2.05) is 0 Å². The fourth-order valence-corrected chi connectivity index (χ4v) is 0.868. The summed E-state index contributed by atoms with van der Waals surface area (Å²) >= 11 is 0. The van der Waals surface area contributed by atoms with E-state index in [1.165, 1.54) is 12.1 Å². The van der Waals surface area contributed by atoms with Gasteiger partial charge in [-0.3, -0.25) is 10.1 Å². The molecule has 1 aromatic carbocycles. The largest absolute Gasteiger partial charge is 0.458 e. The van der Waals surface area contributed by atoms with Crippen LogP contribution in [-0.4, -0.2) is 22.9 Å². The fraction of sp³-hybridized carbons (Fsp3) is 0.250. The van der Waals surface area contributed by atoms with Crippen LogP contribution in [0.4, 0.5) is 5.69 Å². The minimum atomic E-state index is -1.44. The van der Waals surface area contributed by atoms with Gasteiger partial charge in [-0.25, -0.2) is 0 Å². The number of benzene rings is 1. The van der Waals surface area contributed by atoms with Crippen LogP contribution in [0.25, 0.3) is 0 Å². The third-order valence-electron chi connectivity index (χ3n) is 1.46. The Kier molecular flexibility index (Phi) is 5.43. The van der Waals surface area contributed by atoms with Crippen molar-refractivity contribution in [2.75, 3.05) is 12.3 Å². The van der Waals surface area contributed by atoms with Gasteiger partial charge in [0.05, 0.1) is 0 Å². The molecule has 0 aliphatic carbocycles. The molecule has 0 fully saturated rings. The van der Waals surface area contributed by atoms with Gasteiger partial charge in [0, 0.05) is 10.6 Å². The summed E-state index contributed by atoms with van der Waals surface area (Å²) in [5, 5.41) is 19.0. The lowest BCUT2D eigenvalue weighted by molar-refractivity contribution is -0.499. The topological polar surface area (TPSA) is 98.6 Å². The number of hydrogen-bond acceptors (Lipinski definition) is 5. The average Bonchev–Trinajstić information content (AvgIpc) is 2.07. The second kappa shape index (κ2) is 6.05. The maximum Gasteiger partial charge on any atom is 0.265 e. The lowest BCUT2D eigenvalue weighted by Crippen LogP contribution is -2.25. The zero-order chi connectivity index (χ0) is 10.6. The molecule has 0 aliphatic heterocycles. The molecule has 1 aromatic rings. The first-order valence-corrected chi connectivity index (χ1v) is 3.90. The maximum absolute atomic E-state index is 10.00. The Morgan fingerprint density at radius 2 is 2.00 bits per heavy atom. The van der Waals surface area contributed by atoms with Crippen LogP contribution in [0.15, 0.2) is 24.3 Å². The molecule has 0 heterocycles. The van der Waals surface area contributed by atoms with Crippen molar-refractivity contribution in [2.24, 2.45) is 0 Å². The van der Waals surface area contributed by atoms with E-state index in [0.717, 1.165) is 0 Å². The highest BCUT2D eigenvalue weighted by atomic mass is 35.5. The van der Waals surface area contributed by atoms with E-state index in [1.54, 1.807) is 12.1 Å². The van der Waals surface area contributed by atoms with E-state index in [4.69, 9.17) is 15.6 Å². The Labute approximate surface area is 92.2 Å². The van der Waals surface area contributed by atoms with Crippen LogP contribution < -0.4 is 10.5 Å². The highest BCUT2D eigenvalue weighted by Gasteiger charge is 2.12. The van der Waals surface area contributed by atoms with E-state index in [0.29, 0.717) is 11.4 Å². The van der Waals surface area contributed by atoms with Crippen molar-refractivity contribution in [3.8, 4) is 5.75 Å². The molecule has 0 bridgehead atoms. The van der Waals surface area contributed by atoms with E-state index in [9.17, 15) is 10.1 Å². The quantitative estimate of drug-likeness (QED) is 0.345. The smallest absolute Gasteiger partial charge is 0.265 e.